The SMILES string of the molecule is Cc1ccc(C(=O)N2CCN(C)CC2CN)cc1Cl. The summed E-state index contributed by atoms with van der Waals surface area (Å²) >= 11 is 6.09. The van der Waals surface area contributed by atoms with Gasteiger partial charge in [0.15, 0.2) is 0 Å². The highest BCUT2D eigenvalue weighted by Crippen LogP contribution is 2.19. The summed E-state index contributed by atoms with van der Waals surface area (Å²) in [5, 5.41) is 0.629. The molecule has 0 radical (unpaired) electrons. The maximum atomic E-state index is 12.5. The first kappa shape index (κ1) is 14.3. The average molecular weight is 282 g/mol. The zero-order chi connectivity index (χ0) is 14.0. The van der Waals surface area contributed by atoms with Crippen molar-refractivity contribution < 1.29 is 4.79 Å². The van der Waals surface area contributed by atoms with E-state index in [0.717, 1.165) is 18.7 Å². The Bertz CT molecular complexity index is 478. The fraction of sp³-hybridized carbons (Fsp3) is 0.500. The van der Waals surface area contributed by atoms with E-state index < -0.39 is 0 Å². The molecule has 1 amide bonds. The highest BCUT2D eigenvalue weighted by molar-refractivity contribution is 6.31. The Hall–Kier alpha value is -1.10. The number of benzene rings is 1. The molecule has 1 atom stereocenters. The Morgan fingerprint density at radius 3 is 2.84 bits per heavy atom. The van der Waals surface area contributed by atoms with Crippen LogP contribution >= 0.6 is 11.6 Å². The van der Waals surface area contributed by atoms with E-state index in [1.54, 1.807) is 6.07 Å². The van der Waals surface area contributed by atoms with Crippen LogP contribution in [0.5, 0.6) is 0 Å². The topological polar surface area (TPSA) is 49.6 Å². The van der Waals surface area contributed by atoms with Crippen molar-refractivity contribution in [2.24, 2.45) is 5.73 Å². The van der Waals surface area contributed by atoms with Gasteiger partial charge in [0.1, 0.15) is 0 Å². The van der Waals surface area contributed by atoms with Crippen molar-refractivity contribution in [3.05, 3.63) is 34.3 Å². The number of hydrogen-bond acceptors (Lipinski definition) is 3. The molecule has 1 aromatic rings. The van der Waals surface area contributed by atoms with Crippen molar-refractivity contribution in [2.75, 3.05) is 33.2 Å². The molecule has 1 aliphatic rings. The molecule has 1 unspecified atom stereocenters. The third-order valence-electron chi connectivity index (χ3n) is 3.64. The zero-order valence-corrected chi connectivity index (χ0v) is 12.2. The lowest BCUT2D eigenvalue weighted by atomic mass is 10.1. The summed E-state index contributed by atoms with van der Waals surface area (Å²) in [6.07, 6.45) is 0. The van der Waals surface area contributed by atoms with Gasteiger partial charge < -0.3 is 15.5 Å². The molecule has 1 aromatic carbocycles. The van der Waals surface area contributed by atoms with Crippen LogP contribution in [0.1, 0.15) is 15.9 Å². The fourth-order valence-corrected chi connectivity index (χ4v) is 2.55. The average Bonchev–Trinajstić information content (AvgIpc) is 2.41. The van der Waals surface area contributed by atoms with Gasteiger partial charge in [-0.25, -0.2) is 0 Å². The summed E-state index contributed by atoms with van der Waals surface area (Å²) in [5.41, 5.74) is 7.40. The first-order chi connectivity index (χ1) is 9.02. The predicted molar refractivity (Wildman–Crippen MR) is 77.6 cm³/mol. The second-order valence-corrected chi connectivity index (χ2v) is 5.52. The molecule has 2 rings (SSSR count). The second-order valence-electron chi connectivity index (χ2n) is 5.11. The lowest BCUT2D eigenvalue weighted by Crippen LogP contribution is -2.56. The number of carbonyl (C=O) groups is 1. The van der Waals surface area contributed by atoms with Gasteiger partial charge in [0.25, 0.3) is 5.91 Å². The van der Waals surface area contributed by atoms with Crippen LogP contribution in [-0.4, -0.2) is 55.0 Å². The van der Waals surface area contributed by atoms with Crippen LogP contribution in [0.2, 0.25) is 5.02 Å². The van der Waals surface area contributed by atoms with Gasteiger partial charge in [-0.05, 0) is 31.7 Å². The number of halogens is 1. The minimum atomic E-state index is 0.0189. The van der Waals surface area contributed by atoms with Gasteiger partial charge in [-0.15, -0.1) is 0 Å². The van der Waals surface area contributed by atoms with E-state index in [0.29, 0.717) is 23.7 Å². The van der Waals surface area contributed by atoms with Crippen molar-refractivity contribution in [3.63, 3.8) is 0 Å². The second kappa shape index (κ2) is 5.90. The summed E-state index contributed by atoms with van der Waals surface area (Å²) in [5.74, 6) is 0.0189. The Labute approximate surface area is 119 Å². The standard InChI is InChI=1S/C14H20ClN3O/c1-10-3-4-11(7-13(10)15)14(19)18-6-5-17(2)9-12(18)8-16/h3-4,7,12H,5-6,8-9,16H2,1-2H3. The lowest BCUT2D eigenvalue weighted by Gasteiger charge is -2.39. The molecule has 0 spiro atoms. The number of aryl methyl sites for hydroxylation is 1. The molecule has 1 saturated heterocycles. The number of amides is 1. The molecule has 19 heavy (non-hydrogen) atoms. The molecule has 1 fully saturated rings. The van der Waals surface area contributed by atoms with Gasteiger partial charge in [-0.1, -0.05) is 17.7 Å². The van der Waals surface area contributed by atoms with Crippen LogP contribution in [0.3, 0.4) is 0 Å². The van der Waals surface area contributed by atoms with E-state index in [9.17, 15) is 4.79 Å². The van der Waals surface area contributed by atoms with Gasteiger partial charge in [-0.3, -0.25) is 4.79 Å². The third-order valence-corrected chi connectivity index (χ3v) is 4.04. The highest BCUT2D eigenvalue weighted by Gasteiger charge is 2.28. The van der Waals surface area contributed by atoms with E-state index in [-0.39, 0.29) is 11.9 Å². The van der Waals surface area contributed by atoms with Gasteiger partial charge in [0.2, 0.25) is 0 Å². The molecular formula is C14H20ClN3O. The van der Waals surface area contributed by atoms with E-state index in [2.05, 4.69) is 4.90 Å². The molecule has 0 bridgehead atoms. The Morgan fingerprint density at radius 2 is 2.21 bits per heavy atom. The highest BCUT2D eigenvalue weighted by atomic mass is 35.5. The van der Waals surface area contributed by atoms with Crippen LogP contribution in [0.15, 0.2) is 18.2 Å². The Kier molecular flexibility index (Phi) is 4.45. The minimum absolute atomic E-state index is 0.0189. The Balaban J connectivity index is 2.20. The van der Waals surface area contributed by atoms with Gasteiger partial charge in [0.05, 0.1) is 6.04 Å². The van der Waals surface area contributed by atoms with Crippen molar-refractivity contribution in [2.45, 2.75) is 13.0 Å². The van der Waals surface area contributed by atoms with Gasteiger partial charge >= 0.3 is 0 Å². The van der Waals surface area contributed by atoms with E-state index in [1.807, 2.05) is 31.0 Å². The molecule has 5 heteroatoms. The number of rotatable bonds is 2. The molecule has 0 saturated carbocycles. The number of hydrogen-bond donors (Lipinski definition) is 1. The first-order valence-electron chi connectivity index (χ1n) is 6.48. The molecule has 1 aliphatic heterocycles. The number of nitrogens with two attached hydrogens (primary N) is 1. The maximum Gasteiger partial charge on any atom is 0.254 e. The van der Waals surface area contributed by atoms with Crippen LogP contribution in [0.25, 0.3) is 0 Å². The lowest BCUT2D eigenvalue weighted by molar-refractivity contribution is 0.0516. The first-order valence-corrected chi connectivity index (χ1v) is 6.86. The molecule has 4 nitrogen and oxygen atoms in total. The van der Waals surface area contributed by atoms with Crippen molar-refractivity contribution in [1.29, 1.82) is 0 Å². The normalized spacial score (nSPS) is 20.6. The molecule has 1 heterocycles. The molecular weight excluding hydrogens is 262 g/mol. The van der Waals surface area contributed by atoms with E-state index in [4.69, 9.17) is 17.3 Å². The van der Waals surface area contributed by atoms with Crippen LogP contribution < -0.4 is 5.73 Å². The number of nitrogens with zero attached hydrogens (tertiary/aromatic N) is 2. The predicted octanol–water partition coefficient (Wildman–Crippen LogP) is 1.36. The molecule has 0 aliphatic carbocycles. The Morgan fingerprint density at radius 1 is 1.47 bits per heavy atom. The number of likely N-dealkylation sites (N-methyl/N-ethyl adjacent to an activating group) is 1. The van der Waals surface area contributed by atoms with Crippen LogP contribution in [0, 0.1) is 6.92 Å². The summed E-state index contributed by atoms with van der Waals surface area (Å²) < 4.78 is 0. The number of carbonyl (C=O) groups excluding carboxylic acids is 1. The minimum Gasteiger partial charge on any atom is -0.332 e. The third kappa shape index (κ3) is 3.08. The van der Waals surface area contributed by atoms with Crippen molar-refractivity contribution in [3.8, 4) is 0 Å². The van der Waals surface area contributed by atoms with Gasteiger partial charge in [-0.2, -0.15) is 0 Å². The largest absolute Gasteiger partial charge is 0.332 e. The monoisotopic (exact) mass is 281 g/mol. The van der Waals surface area contributed by atoms with Crippen molar-refractivity contribution in [1.82, 2.24) is 9.80 Å². The van der Waals surface area contributed by atoms with E-state index in [1.165, 1.54) is 0 Å². The fourth-order valence-electron chi connectivity index (χ4n) is 2.37. The molecule has 104 valence electrons. The molecule has 2 N–H and O–H groups in total. The maximum absolute atomic E-state index is 12.5. The summed E-state index contributed by atoms with van der Waals surface area (Å²) in [6, 6.07) is 5.52. The smallest absolute Gasteiger partial charge is 0.254 e. The van der Waals surface area contributed by atoms with Gasteiger partial charge in [0, 0.05) is 36.8 Å². The van der Waals surface area contributed by atoms with E-state index >= 15 is 0 Å². The summed E-state index contributed by atoms with van der Waals surface area (Å²) in [4.78, 5) is 16.6. The van der Waals surface area contributed by atoms with Crippen LogP contribution in [-0.2, 0) is 0 Å². The van der Waals surface area contributed by atoms with Crippen LogP contribution in [0.4, 0.5) is 0 Å². The quantitative estimate of drug-likeness (QED) is 0.891. The van der Waals surface area contributed by atoms with Crippen molar-refractivity contribution >= 4 is 17.5 Å². The number of piperazine rings is 1. The zero-order valence-electron chi connectivity index (χ0n) is 11.4. The molecule has 0 aromatic heterocycles. The summed E-state index contributed by atoms with van der Waals surface area (Å²) in [6.45, 7) is 4.82. The summed E-state index contributed by atoms with van der Waals surface area (Å²) in [7, 11) is 2.05.